The number of aromatic nitrogens is 12. The number of imidazole rings is 3. The van der Waals surface area contributed by atoms with Gasteiger partial charge in [-0.25, -0.2) is 24.7 Å². The van der Waals surface area contributed by atoms with Gasteiger partial charge >= 0.3 is 5.97 Å². The number of phenols is 5. The summed E-state index contributed by atoms with van der Waals surface area (Å²) in [5, 5.41) is 96.8. The fourth-order valence-electron chi connectivity index (χ4n) is 13.9. The first-order valence-corrected chi connectivity index (χ1v) is 34.6. The standard InChI is InChI=1S/C85H56N18O7/c104-73-34-29-63(78-74(105)33-27-55(77(73)78)48-23-28-65(90-44-48)83-93-68-40-50(25-31-71(68)102(83)46-53-14-4-8-36-87-53)96-99-79-58-17-2-1-16-57(58)75(106)43-76(79)107)98-95-49-24-30-72-69(39-49)94-84(103(72)47-54-15-5-9-37-88-54)66-22-12-21-62(91-66)56-18-11-19-59-60(56)42-61(85(109)110)81(108)80(59)100-97-51-26-32-70-67(41-51)92-82(64-20-6-10-38-89-64)101(70)45-52-13-3-7-35-86-52/h1-44,104-108H,45-47H2,(H,109,110)/b98-95+,99-96+,100-97+. The first-order chi connectivity index (χ1) is 53.9. The Hall–Kier alpha value is -15.7. The lowest BCUT2D eigenvalue weighted by molar-refractivity contribution is 0.0694. The Kier molecular flexibility index (Phi) is 16.7. The number of hydrogen-bond acceptors (Lipinski definition) is 21. The highest BCUT2D eigenvalue weighted by Crippen LogP contribution is 2.47. The molecule has 9 aromatic carbocycles. The van der Waals surface area contributed by atoms with E-state index >= 15 is 0 Å². The lowest BCUT2D eigenvalue weighted by Crippen LogP contribution is -2.04. The molecule has 0 saturated carbocycles. The molecule has 0 unspecified atom stereocenters. The first kappa shape index (κ1) is 66.3. The van der Waals surface area contributed by atoms with Crippen molar-refractivity contribution in [1.82, 2.24) is 58.6 Å². The Morgan fingerprint density at radius 1 is 0.345 bits per heavy atom. The van der Waals surface area contributed by atoms with Crippen LogP contribution in [0, 0.1) is 0 Å². The van der Waals surface area contributed by atoms with E-state index in [2.05, 4.69) is 40.4 Å². The third-order valence-electron chi connectivity index (χ3n) is 19.0. The number of nitrogens with zero attached hydrogens (tertiary/aromatic N) is 18. The summed E-state index contributed by atoms with van der Waals surface area (Å²) >= 11 is 0. The number of aromatic hydroxyl groups is 5. The maximum absolute atomic E-state index is 13.0. The van der Waals surface area contributed by atoms with Crippen molar-refractivity contribution < 1.29 is 35.4 Å². The maximum atomic E-state index is 13.0. The molecule has 0 fully saturated rings. The van der Waals surface area contributed by atoms with Crippen molar-refractivity contribution in [2.45, 2.75) is 19.6 Å². The molecule has 0 atom stereocenters. The topological polar surface area (TPSA) is 343 Å². The monoisotopic (exact) mass is 1440 g/mol. The Morgan fingerprint density at radius 2 is 0.836 bits per heavy atom. The number of carboxylic acids is 1. The van der Waals surface area contributed by atoms with Gasteiger partial charge in [-0.15, -0.1) is 15.3 Å². The van der Waals surface area contributed by atoms with Gasteiger partial charge in [-0.3, -0.25) is 24.9 Å². The van der Waals surface area contributed by atoms with Crippen molar-refractivity contribution in [3.8, 4) is 85.7 Å². The predicted molar refractivity (Wildman–Crippen MR) is 417 cm³/mol. The zero-order valence-corrected chi connectivity index (χ0v) is 57.7. The smallest absolute Gasteiger partial charge is 0.339 e. The van der Waals surface area contributed by atoms with Gasteiger partial charge in [-0.05, 0) is 163 Å². The van der Waals surface area contributed by atoms with Crippen LogP contribution in [0.5, 0.6) is 28.7 Å². The molecule has 0 spiro atoms. The second kappa shape index (κ2) is 27.8. The van der Waals surface area contributed by atoms with Crippen molar-refractivity contribution in [3.05, 3.63) is 290 Å². The molecule has 18 rings (SSSR count). The Bertz CT molecular complexity index is 6800. The molecule has 0 amide bonds. The molecule has 25 heteroatoms. The van der Waals surface area contributed by atoms with Gasteiger partial charge in [-0.2, -0.15) is 15.3 Å². The van der Waals surface area contributed by atoms with Gasteiger partial charge in [0.15, 0.2) is 23.2 Å². The fraction of sp³-hybridized carbons (Fsp3) is 0.0353. The zero-order valence-electron chi connectivity index (χ0n) is 57.7. The van der Waals surface area contributed by atoms with E-state index in [0.29, 0.717) is 137 Å². The van der Waals surface area contributed by atoms with Crippen LogP contribution in [0.3, 0.4) is 0 Å². The fourth-order valence-corrected chi connectivity index (χ4v) is 13.9. The van der Waals surface area contributed by atoms with Crippen LogP contribution < -0.4 is 0 Å². The summed E-state index contributed by atoms with van der Waals surface area (Å²) in [6, 6.07) is 69.7. The number of fused-ring (bicyclic) bond motifs is 6. The van der Waals surface area contributed by atoms with Crippen LogP contribution in [0.15, 0.2) is 298 Å². The number of carboxylic acid groups (broad SMARTS) is 1. The van der Waals surface area contributed by atoms with Crippen LogP contribution in [0.25, 0.3) is 122 Å². The summed E-state index contributed by atoms with van der Waals surface area (Å²) in [6.07, 6.45) is 8.58. The van der Waals surface area contributed by atoms with Crippen molar-refractivity contribution in [1.29, 1.82) is 0 Å². The quantitative estimate of drug-likeness (QED) is 0.0435. The number of azo groups is 3. The van der Waals surface area contributed by atoms with Gasteiger partial charge in [0.05, 0.1) is 104 Å². The highest BCUT2D eigenvalue weighted by atomic mass is 16.4. The second-order valence-corrected chi connectivity index (χ2v) is 25.8. The summed E-state index contributed by atoms with van der Waals surface area (Å²) in [5.41, 5.74) is 11.6. The summed E-state index contributed by atoms with van der Waals surface area (Å²) in [6.45, 7) is 1.08. The minimum Gasteiger partial charge on any atom is -0.507 e. The largest absolute Gasteiger partial charge is 0.507 e. The molecule has 18 aromatic rings. The van der Waals surface area contributed by atoms with E-state index in [1.165, 1.54) is 24.3 Å². The van der Waals surface area contributed by atoms with Crippen molar-refractivity contribution in [3.63, 3.8) is 0 Å². The van der Waals surface area contributed by atoms with Crippen LogP contribution in [0.4, 0.5) is 34.1 Å². The molecule has 0 aliphatic heterocycles. The number of rotatable bonds is 18. The van der Waals surface area contributed by atoms with Crippen molar-refractivity contribution >= 4 is 106 Å². The van der Waals surface area contributed by atoms with E-state index in [1.807, 2.05) is 141 Å². The summed E-state index contributed by atoms with van der Waals surface area (Å²) in [5.74, 6) is -0.833. The maximum Gasteiger partial charge on any atom is 0.339 e. The molecule has 528 valence electrons. The molecule has 0 aliphatic carbocycles. The molecule has 9 aromatic heterocycles. The van der Waals surface area contributed by atoms with E-state index in [-0.39, 0.29) is 51.0 Å². The predicted octanol–water partition coefficient (Wildman–Crippen LogP) is 19.5. The van der Waals surface area contributed by atoms with Gasteiger partial charge in [0.25, 0.3) is 0 Å². The molecule has 6 N–H and O–H groups in total. The Labute approximate surface area is 622 Å². The molecule has 0 bridgehead atoms. The van der Waals surface area contributed by atoms with Gasteiger partial charge in [0, 0.05) is 69.7 Å². The summed E-state index contributed by atoms with van der Waals surface area (Å²) in [4.78, 5) is 56.8. The average Bonchev–Trinajstić information content (AvgIpc) is 1.49. The Balaban J connectivity index is 0.654. The van der Waals surface area contributed by atoms with Crippen LogP contribution >= 0.6 is 0 Å². The number of aromatic carboxylic acids is 1. The van der Waals surface area contributed by atoms with Gasteiger partial charge in [0.1, 0.15) is 57.0 Å². The van der Waals surface area contributed by atoms with Crippen LogP contribution in [-0.2, 0) is 19.6 Å². The van der Waals surface area contributed by atoms with E-state index in [4.69, 9.17) is 35.1 Å². The van der Waals surface area contributed by atoms with Crippen LogP contribution in [0.1, 0.15) is 27.4 Å². The van der Waals surface area contributed by atoms with Gasteiger partial charge in [-0.1, -0.05) is 78.9 Å². The third-order valence-corrected chi connectivity index (χ3v) is 19.0. The number of carbonyl (C=O) groups is 1. The molecule has 110 heavy (non-hydrogen) atoms. The number of hydrogen-bond donors (Lipinski definition) is 6. The van der Waals surface area contributed by atoms with E-state index < -0.39 is 11.7 Å². The summed E-state index contributed by atoms with van der Waals surface area (Å²) in [7, 11) is 0. The molecule has 0 aliphatic rings. The molecule has 9 heterocycles. The highest BCUT2D eigenvalue weighted by molar-refractivity contribution is 6.10. The second-order valence-electron chi connectivity index (χ2n) is 25.8. The molecular weight excluding hydrogens is 1390 g/mol. The van der Waals surface area contributed by atoms with Crippen LogP contribution in [-0.4, -0.2) is 95.2 Å². The normalized spacial score (nSPS) is 11.9. The average molecular weight is 1440 g/mol. The van der Waals surface area contributed by atoms with Crippen molar-refractivity contribution in [2.24, 2.45) is 30.7 Å². The number of benzene rings is 9. The Morgan fingerprint density at radius 3 is 1.40 bits per heavy atom. The number of phenolic OH excluding ortho intramolecular Hbond substituents is 4. The van der Waals surface area contributed by atoms with E-state index in [9.17, 15) is 35.4 Å². The highest BCUT2D eigenvalue weighted by Gasteiger charge is 2.25. The minimum absolute atomic E-state index is 0.0588. The van der Waals surface area contributed by atoms with Crippen LogP contribution in [0.2, 0.25) is 0 Å². The van der Waals surface area contributed by atoms with Gasteiger partial charge in [0.2, 0.25) is 0 Å². The molecule has 0 radical (unpaired) electrons. The lowest BCUT2D eigenvalue weighted by atomic mass is 9.96. The zero-order chi connectivity index (χ0) is 74.5. The van der Waals surface area contributed by atoms with Gasteiger partial charge < -0.3 is 44.3 Å². The third kappa shape index (κ3) is 12.4. The summed E-state index contributed by atoms with van der Waals surface area (Å²) < 4.78 is 6.05. The van der Waals surface area contributed by atoms with Crippen molar-refractivity contribution in [2.75, 3.05) is 0 Å². The molecular formula is C85H56N18O7. The lowest BCUT2D eigenvalue weighted by Gasteiger charge is -2.13. The van der Waals surface area contributed by atoms with E-state index in [0.717, 1.165) is 33.6 Å². The molecule has 25 nitrogen and oxygen atoms in total. The first-order valence-electron chi connectivity index (χ1n) is 34.6. The number of pyridine rings is 6. The van der Waals surface area contributed by atoms with E-state index in [1.54, 1.807) is 116 Å². The minimum atomic E-state index is -1.37. The molecule has 0 saturated heterocycles. The SMILES string of the molecule is O=C(O)c1cc2c(-c3cccc(-c4nc5cc(/N=N/c6ccc(O)c7c(-c8ccc(-c9nc%10cc(/N=N/c%11c(O)cc(O)c%12ccccc%11%12)ccc%10n9Cc9ccccn9)nc8)ccc(O)c67)ccc5n4Cc4ccccn4)n3)cccc2c(/N=N/c2ccc3c(c2)nc(-c2ccccn2)n3Cc2ccccn2)c1O.